The number of benzene rings is 2. The van der Waals surface area contributed by atoms with Crippen LogP contribution in [-0.2, 0) is 9.59 Å². The summed E-state index contributed by atoms with van der Waals surface area (Å²) in [7, 11) is 0. The average molecular weight is 361 g/mol. The lowest BCUT2D eigenvalue weighted by atomic mass is 9.90. The molecule has 114 valence electrons. The minimum Gasteiger partial charge on any atom is -0.325 e. The molecule has 4 nitrogen and oxygen atoms in total. The molecule has 0 atom stereocenters. The van der Waals surface area contributed by atoms with E-state index in [4.69, 9.17) is 0 Å². The molecular formula is C17H17BrN2O2. The number of para-hydroxylation sites is 1. The van der Waals surface area contributed by atoms with Crippen LogP contribution in [0.3, 0.4) is 0 Å². The summed E-state index contributed by atoms with van der Waals surface area (Å²) in [4.78, 5) is 24.7. The van der Waals surface area contributed by atoms with Gasteiger partial charge in [-0.15, -0.1) is 0 Å². The van der Waals surface area contributed by atoms with Crippen LogP contribution in [-0.4, -0.2) is 11.8 Å². The van der Waals surface area contributed by atoms with Crippen molar-refractivity contribution in [2.75, 3.05) is 10.6 Å². The van der Waals surface area contributed by atoms with Crippen LogP contribution >= 0.6 is 15.9 Å². The Hall–Kier alpha value is -2.14. The Balaban J connectivity index is 2.08. The fraction of sp³-hybridized carbons (Fsp3) is 0.176. The van der Waals surface area contributed by atoms with E-state index < -0.39 is 5.41 Å². The van der Waals surface area contributed by atoms with Gasteiger partial charge >= 0.3 is 0 Å². The lowest BCUT2D eigenvalue weighted by Crippen LogP contribution is -2.41. The molecule has 0 aliphatic rings. The minimum absolute atomic E-state index is 0.355. The predicted molar refractivity (Wildman–Crippen MR) is 91.6 cm³/mol. The molecule has 0 heterocycles. The molecule has 2 N–H and O–H groups in total. The Kier molecular flexibility index (Phi) is 4.98. The summed E-state index contributed by atoms with van der Waals surface area (Å²) in [6, 6.07) is 16.3. The van der Waals surface area contributed by atoms with Crippen LogP contribution < -0.4 is 10.6 Å². The van der Waals surface area contributed by atoms with E-state index in [0.717, 1.165) is 4.47 Å². The highest BCUT2D eigenvalue weighted by Gasteiger charge is 2.36. The van der Waals surface area contributed by atoms with Gasteiger partial charge in [0.25, 0.3) is 0 Å². The van der Waals surface area contributed by atoms with Crippen molar-refractivity contribution in [2.45, 2.75) is 13.8 Å². The highest BCUT2D eigenvalue weighted by atomic mass is 79.9. The van der Waals surface area contributed by atoms with Gasteiger partial charge in [0, 0.05) is 15.8 Å². The molecule has 2 aromatic carbocycles. The van der Waals surface area contributed by atoms with E-state index in [1.807, 2.05) is 30.3 Å². The predicted octanol–water partition coefficient (Wildman–Crippen LogP) is 4.05. The third-order valence-electron chi connectivity index (χ3n) is 3.25. The van der Waals surface area contributed by atoms with Gasteiger partial charge < -0.3 is 10.6 Å². The first-order valence-corrected chi connectivity index (χ1v) is 7.62. The van der Waals surface area contributed by atoms with Crippen LogP contribution in [0.4, 0.5) is 11.4 Å². The van der Waals surface area contributed by atoms with Crippen LogP contribution in [0.15, 0.2) is 59.1 Å². The van der Waals surface area contributed by atoms with Crippen LogP contribution in [0, 0.1) is 5.41 Å². The molecular weight excluding hydrogens is 344 g/mol. The molecule has 0 aliphatic heterocycles. The van der Waals surface area contributed by atoms with Crippen molar-refractivity contribution in [3.63, 3.8) is 0 Å². The van der Waals surface area contributed by atoms with E-state index in [0.29, 0.717) is 11.4 Å². The number of carbonyl (C=O) groups excluding carboxylic acids is 2. The number of nitrogens with one attached hydrogen (secondary N) is 2. The first-order chi connectivity index (χ1) is 10.4. The zero-order chi connectivity index (χ0) is 16.2. The molecule has 2 aromatic rings. The van der Waals surface area contributed by atoms with Crippen LogP contribution in [0.1, 0.15) is 13.8 Å². The molecule has 22 heavy (non-hydrogen) atoms. The van der Waals surface area contributed by atoms with Gasteiger partial charge in [0.15, 0.2) is 0 Å². The Bertz CT molecular complexity index is 684. The quantitative estimate of drug-likeness (QED) is 0.807. The normalized spacial score (nSPS) is 10.9. The van der Waals surface area contributed by atoms with Crippen molar-refractivity contribution in [1.29, 1.82) is 0 Å². The van der Waals surface area contributed by atoms with Gasteiger partial charge in [0.1, 0.15) is 5.41 Å². The number of rotatable bonds is 4. The van der Waals surface area contributed by atoms with E-state index in [9.17, 15) is 9.59 Å². The molecule has 2 amide bonds. The summed E-state index contributed by atoms with van der Waals surface area (Å²) < 4.78 is 0.858. The SMILES string of the molecule is CC(C)(C(=O)Nc1ccccc1)C(=O)Nc1cccc(Br)c1. The van der Waals surface area contributed by atoms with Crippen molar-refractivity contribution in [3.05, 3.63) is 59.1 Å². The van der Waals surface area contributed by atoms with E-state index >= 15 is 0 Å². The highest BCUT2D eigenvalue weighted by molar-refractivity contribution is 9.10. The second kappa shape index (κ2) is 6.75. The van der Waals surface area contributed by atoms with Gasteiger partial charge in [-0.3, -0.25) is 9.59 Å². The lowest BCUT2D eigenvalue weighted by molar-refractivity contribution is -0.135. The van der Waals surface area contributed by atoms with E-state index in [1.165, 1.54) is 0 Å². The molecule has 0 unspecified atom stereocenters. The lowest BCUT2D eigenvalue weighted by Gasteiger charge is -2.22. The Morgan fingerprint density at radius 1 is 0.864 bits per heavy atom. The molecule has 5 heteroatoms. The smallest absolute Gasteiger partial charge is 0.239 e. The number of hydrogen-bond acceptors (Lipinski definition) is 2. The molecule has 0 saturated heterocycles. The van der Waals surface area contributed by atoms with Crippen LogP contribution in [0.25, 0.3) is 0 Å². The van der Waals surface area contributed by atoms with Gasteiger partial charge in [-0.2, -0.15) is 0 Å². The van der Waals surface area contributed by atoms with Crippen molar-refractivity contribution in [3.8, 4) is 0 Å². The van der Waals surface area contributed by atoms with Gasteiger partial charge in [0.05, 0.1) is 0 Å². The zero-order valence-corrected chi connectivity index (χ0v) is 14.0. The number of amides is 2. The summed E-state index contributed by atoms with van der Waals surface area (Å²) >= 11 is 3.35. The molecule has 0 spiro atoms. The van der Waals surface area contributed by atoms with E-state index in [-0.39, 0.29) is 11.8 Å². The van der Waals surface area contributed by atoms with Gasteiger partial charge in [-0.1, -0.05) is 40.2 Å². The van der Waals surface area contributed by atoms with Crippen molar-refractivity contribution in [2.24, 2.45) is 5.41 Å². The van der Waals surface area contributed by atoms with E-state index in [2.05, 4.69) is 26.6 Å². The Morgan fingerprint density at radius 3 is 2.00 bits per heavy atom. The first-order valence-electron chi connectivity index (χ1n) is 6.83. The minimum atomic E-state index is -1.20. The van der Waals surface area contributed by atoms with Gasteiger partial charge in [-0.05, 0) is 44.2 Å². The standard InChI is InChI=1S/C17H17BrN2O2/c1-17(2,15(21)19-13-8-4-3-5-9-13)16(22)20-14-10-6-7-12(18)11-14/h3-11H,1-2H3,(H,19,21)(H,20,22). The van der Waals surface area contributed by atoms with Crippen LogP contribution in [0.5, 0.6) is 0 Å². The van der Waals surface area contributed by atoms with Gasteiger partial charge in [-0.25, -0.2) is 0 Å². The molecule has 0 aliphatic carbocycles. The number of anilines is 2. The molecule has 0 fully saturated rings. The Labute approximate surface area is 138 Å². The maximum absolute atomic E-state index is 12.4. The molecule has 0 bridgehead atoms. The number of carbonyl (C=O) groups is 2. The Morgan fingerprint density at radius 2 is 1.41 bits per heavy atom. The maximum Gasteiger partial charge on any atom is 0.239 e. The van der Waals surface area contributed by atoms with Crippen molar-refractivity contribution >= 4 is 39.1 Å². The average Bonchev–Trinajstić information content (AvgIpc) is 2.48. The van der Waals surface area contributed by atoms with Crippen molar-refractivity contribution < 1.29 is 9.59 Å². The maximum atomic E-state index is 12.4. The third-order valence-corrected chi connectivity index (χ3v) is 3.74. The topological polar surface area (TPSA) is 58.2 Å². The fourth-order valence-corrected chi connectivity index (χ4v) is 2.16. The molecule has 2 rings (SSSR count). The number of halogens is 1. The highest BCUT2D eigenvalue weighted by Crippen LogP contribution is 2.23. The third kappa shape index (κ3) is 3.95. The monoisotopic (exact) mass is 360 g/mol. The van der Waals surface area contributed by atoms with Gasteiger partial charge in [0.2, 0.25) is 11.8 Å². The fourth-order valence-electron chi connectivity index (χ4n) is 1.77. The number of hydrogen-bond donors (Lipinski definition) is 2. The van der Waals surface area contributed by atoms with Crippen molar-refractivity contribution in [1.82, 2.24) is 0 Å². The summed E-state index contributed by atoms with van der Waals surface area (Å²) in [6.07, 6.45) is 0. The summed E-state index contributed by atoms with van der Waals surface area (Å²) in [6.45, 7) is 3.19. The molecule has 0 saturated carbocycles. The zero-order valence-electron chi connectivity index (χ0n) is 12.4. The second-order valence-corrected chi connectivity index (χ2v) is 6.33. The second-order valence-electron chi connectivity index (χ2n) is 5.41. The van der Waals surface area contributed by atoms with E-state index in [1.54, 1.807) is 38.1 Å². The molecule has 0 aromatic heterocycles. The summed E-state index contributed by atoms with van der Waals surface area (Å²) in [5, 5.41) is 5.51. The van der Waals surface area contributed by atoms with Crippen LogP contribution in [0.2, 0.25) is 0 Å². The summed E-state index contributed by atoms with van der Waals surface area (Å²) in [5.41, 5.74) is 0.105. The largest absolute Gasteiger partial charge is 0.325 e. The summed E-state index contributed by atoms with van der Waals surface area (Å²) in [5.74, 6) is -0.717. The molecule has 0 radical (unpaired) electrons. The first kappa shape index (κ1) is 16.2.